The molecule has 0 spiro atoms. The number of nitrogens with zero attached hydrogens (tertiary/aromatic N) is 3. The number of phenolic OH excluding ortho intramolecular Hbond substituents is 1. The van der Waals surface area contributed by atoms with Gasteiger partial charge in [0.05, 0.1) is 36.9 Å². The zero-order valence-electron chi connectivity index (χ0n) is 67.8. The van der Waals surface area contributed by atoms with Gasteiger partial charge in [0, 0.05) is 106 Å². The highest BCUT2D eigenvalue weighted by atomic mass is 33.1. The number of benzene rings is 2. The van der Waals surface area contributed by atoms with Gasteiger partial charge in [-0.25, -0.2) is 19.4 Å². The second-order valence-electron chi connectivity index (χ2n) is 29.6. The van der Waals surface area contributed by atoms with Crippen molar-refractivity contribution in [2.45, 2.75) is 219 Å². The highest BCUT2D eigenvalue weighted by molar-refractivity contribution is 8.76. The molecule has 1 saturated heterocycles. The number of alkyl carbamates (subject to hydrolysis) is 1. The first-order valence-corrected chi connectivity index (χ1v) is 43.1. The number of aromatic nitrogens is 1. The molecule has 1 fully saturated rings. The molecule has 2 aromatic carbocycles. The maximum Gasteiger partial charge on any atom is 0.407 e. The fourth-order valence-corrected chi connectivity index (χ4v) is 16.3. The van der Waals surface area contributed by atoms with Gasteiger partial charge in [-0.15, -0.1) is 11.3 Å². The van der Waals surface area contributed by atoms with Gasteiger partial charge >= 0.3 is 47.9 Å². The molecular formula is C80H113N9O25S4. The summed E-state index contributed by atoms with van der Waals surface area (Å²) in [6.45, 7) is 12.0. The number of thiocarbonyl (C=S) groups is 1. The Labute approximate surface area is 703 Å². The molecule has 118 heavy (non-hydrogen) atoms. The predicted molar refractivity (Wildman–Crippen MR) is 440 cm³/mol. The Balaban J connectivity index is 1.36. The van der Waals surface area contributed by atoms with Gasteiger partial charge in [-0.3, -0.25) is 67.2 Å². The van der Waals surface area contributed by atoms with E-state index in [9.17, 15) is 97.5 Å². The van der Waals surface area contributed by atoms with E-state index in [1.165, 1.54) is 29.3 Å². The van der Waals surface area contributed by atoms with Gasteiger partial charge in [-0.2, -0.15) is 0 Å². The molecule has 34 nitrogen and oxygen atoms in total. The number of thiazole rings is 1. The Hall–Kier alpha value is -9.66. The van der Waals surface area contributed by atoms with E-state index in [4.69, 9.17) is 31.5 Å². The Morgan fingerprint density at radius 1 is 0.695 bits per heavy atom. The van der Waals surface area contributed by atoms with Gasteiger partial charge < -0.3 is 81.7 Å². The molecule has 12 atom stereocenters. The third-order valence-electron chi connectivity index (χ3n) is 19.9. The highest BCUT2D eigenvalue weighted by Crippen LogP contribution is 2.35. The molecular weight excluding hydrogens is 1620 g/mol. The Morgan fingerprint density at radius 2 is 1.36 bits per heavy atom. The molecule has 12 N–H and O–H groups in total. The summed E-state index contributed by atoms with van der Waals surface area (Å²) in [5, 5.41) is 75.3. The molecule has 0 radical (unpaired) electrons. The quantitative estimate of drug-likeness (QED) is 0.00650. The van der Waals surface area contributed by atoms with E-state index < -0.39 is 195 Å². The van der Waals surface area contributed by atoms with E-state index in [0.717, 1.165) is 52.3 Å². The molecule has 4 rings (SSSR count). The topological polar surface area (TPSA) is 514 Å². The van der Waals surface area contributed by atoms with Crippen LogP contribution in [0.2, 0.25) is 0 Å². The highest BCUT2D eigenvalue weighted by Gasteiger charge is 2.41. The molecule has 38 heteroatoms. The first kappa shape index (κ1) is 101. The predicted octanol–water partition coefficient (Wildman–Crippen LogP) is 7.50. The van der Waals surface area contributed by atoms with Crippen molar-refractivity contribution in [1.29, 1.82) is 0 Å². The van der Waals surface area contributed by atoms with Crippen LogP contribution in [0.3, 0.4) is 0 Å². The molecule has 1 aliphatic heterocycles. The Morgan fingerprint density at radius 3 is 1.98 bits per heavy atom. The van der Waals surface area contributed by atoms with Crippen molar-refractivity contribution in [2.75, 3.05) is 51.5 Å². The van der Waals surface area contributed by atoms with Crippen LogP contribution in [0.1, 0.15) is 197 Å². The van der Waals surface area contributed by atoms with Crippen molar-refractivity contribution in [1.82, 2.24) is 46.7 Å². The smallest absolute Gasteiger partial charge is 0.407 e. The minimum Gasteiger partial charge on any atom is -0.508 e. The third-order valence-corrected chi connectivity index (χ3v) is 23.5. The minimum absolute atomic E-state index is 0.0113. The number of hydrogen-bond acceptors (Lipinski definition) is 26. The lowest BCUT2D eigenvalue weighted by atomic mass is 9.82. The number of ether oxygens (including phenoxy) is 3. The summed E-state index contributed by atoms with van der Waals surface area (Å²) in [6, 6.07) is 8.07. The van der Waals surface area contributed by atoms with E-state index >= 15 is 4.79 Å². The number of hydrogen-bond donors (Lipinski definition) is 12. The van der Waals surface area contributed by atoms with Crippen molar-refractivity contribution in [3.63, 3.8) is 0 Å². The van der Waals surface area contributed by atoms with Crippen molar-refractivity contribution in [2.24, 2.45) is 35.5 Å². The number of ketones is 4. The number of aromatic hydroxyl groups is 1. The first-order chi connectivity index (χ1) is 55.9. The lowest BCUT2D eigenvalue weighted by Gasteiger charge is -2.39. The van der Waals surface area contributed by atoms with Crippen LogP contribution in [0.15, 0.2) is 60.0 Å². The summed E-state index contributed by atoms with van der Waals surface area (Å²) in [5.41, 5.74) is 1.14. The second kappa shape index (κ2) is 53.0. The molecule has 0 aliphatic carbocycles. The number of phenols is 1. The maximum atomic E-state index is 15.1. The van der Waals surface area contributed by atoms with Crippen molar-refractivity contribution < 1.29 is 122 Å². The van der Waals surface area contributed by atoms with Crippen LogP contribution in [-0.4, -0.2) is 233 Å². The number of rotatable bonds is 57. The number of carboxylic acid groups (broad SMARTS) is 5. The summed E-state index contributed by atoms with van der Waals surface area (Å²) in [4.78, 5) is 218. The lowest BCUT2D eigenvalue weighted by molar-refractivity contribution is -0.162. The van der Waals surface area contributed by atoms with Gasteiger partial charge in [0.1, 0.15) is 40.9 Å². The number of carbonyl (C=O) groups excluding carboxylic acids is 11. The molecule has 0 bridgehead atoms. The van der Waals surface area contributed by atoms with E-state index in [0.29, 0.717) is 30.4 Å². The largest absolute Gasteiger partial charge is 0.508 e. The van der Waals surface area contributed by atoms with Crippen LogP contribution < -0.4 is 31.9 Å². The number of Topliss-reactive ketones (excluding diaryl/α,β-unsaturated/α-hetero) is 4. The van der Waals surface area contributed by atoms with Gasteiger partial charge in [0.15, 0.2) is 35.3 Å². The number of nitrogens with one attached hydrogen (secondary N) is 6. The van der Waals surface area contributed by atoms with Gasteiger partial charge in [0.25, 0.3) is 5.91 Å². The van der Waals surface area contributed by atoms with Crippen LogP contribution in [0, 0.1) is 35.5 Å². The van der Waals surface area contributed by atoms with Crippen LogP contribution >= 0.6 is 45.1 Å². The Kier molecular flexibility index (Phi) is 45.2. The zero-order valence-corrected chi connectivity index (χ0v) is 71.1. The van der Waals surface area contributed by atoms with Gasteiger partial charge in [-0.05, 0) is 119 Å². The second-order valence-corrected chi connectivity index (χ2v) is 33.6. The van der Waals surface area contributed by atoms with Crippen LogP contribution in [0.25, 0.3) is 0 Å². The third kappa shape index (κ3) is 37.5. The maximum absolute atomic E-state index is 15.1. The van der Waals surface area contributed by atoms with E-state index in [-0.39, 0.29) is 134 Å². The fraction of sp³-hybridized carbons (Fsp3) is 0.600. The molecule has 1 unspecified atom stereocenters. The van der Waals surface area contributed by atoms with Crippen LogP contribution in [0.5, 0.6) is 5.75 Å². The molecule has 1 aromatic heterocycles. The molecule has 3 aromatic rings. The summed E-state index contributed by atoms with van der Waals surface area (Å²) in [5.74, 6) is -18.3. The number of amides is 5. The standard InChI is InChI=1S/C80H113N9O25S4/c1-9-17-71(101)113-45-89(75(104)57(47(5)10-2)40-65(94)62-20-14-15-31-88(62)8)63(46(3)4)41-67(114-49(7)90)74-86-61(44-116-74)73(103)83-54(35-51-22-24-55(91)25-23-51)34-48(6)66(95)42-82-80(111)112-32-33-117-118-43-53(76(105)106)38-64(93)60(36-50-18-12-11-13-19-50)85-72(102)52(39-70(99)100)37-56(92)26-27-58(77(107)108)84-68(96)29-28-59(78(109)110)87-79(115)81-30-16-21-69(97)98/h11-13,18-19,22-25,44,46-48,52-54,57-60,62-63,67,91H,9-10,14-17,20-21,26-43,45H2,1-8H3,(H,82,111)(H,83,103)(H,84,96)(H,85,102)(H,97,98)(H,99,100)(H,105,106)(H,107,108)(H,109,110)(H2,81,87,115)/t47?,48-,52-,53+,54+,57-,58-,59-,60+,62+,63+,67+/m0/s1. The van der Waals surface area contributed by atoms with Gasteiger partial charge in [-0.1, -0.05) is 118 Å². The minimum atomic E-state index is -1.69. The number of esters is 2. The van der Waals surface area contributed by atoms with Crippen molar-refractivity contribution >= 4 is 145 Å². The molecule has 2 heterocycles. The number of carbonyl (C=O) groups is 16. The van der Waals surface area contributed by atoms with E-state index in [1.807, 2.05) is 46.6 Å². The molecule has 1 aliphatic rings. The SMILES string of the molecule is CCCC(=O)OCN(C(=O)[C@@H](CC(=O)[C@H]1CCCCN1C)C(C)CC)[C@H](C[C@@H](OC(C)=O)c1nc(C(=O)N[C@@H](Cc2ccc(O)cc2)C[C@H](C)C(=O)CNC(=O)OCCSSC[C@@H](CC(=O)[C@@H](Cc2ccccc2)NC(=O)[C@H](CC(=O)O)CC(=O)CC[C@H](NC(=O)CC[C@H](NC(=S)NCCCC(=O)O)C(=O)O)C(=O)O)C(=O)O)cs1)C(C)C. The number of aliphatic carboxylic acids is 5. The lowest BCUT2D eigenvalue weighted by Crippen LogP contribution is -2.50. The monoisotopic (exact) mass is 1730 g/mol. The van der Waals surface area contributed by atoms with Crippen LogP contribution in [-0.2, 0) is 94.2 Å². The number of likely N-dealkylation sites (N-methyl/N-ethyl adjacent to an activating group) is 1. The van der Waals surface area contributed by atoms with E-state index in [2.05, 4.69) is 36.9 Å². The summed E-state index contributed by atoms with van der Waals surface area (Å²) < 4.78 is 16.9. The zero-order chi connectivity index (χ0) is 87.7. The first-order valence-electron chi connectivity index (χ1n) is 39.3. The molecule has 0 saturated carbocycles. The number of carboxylic acids is 5. The molecule has 652 valence electrons. The number of likely N-dealkylation sites (tertiary alicyclic amines) is 1. The normalized spacial score (nSPS) is 15.5. The summed E-state index contributed by atoms with van der Waals surface area (Å²) in [6.07, 6.45) is -2.71. The molecule has 5 amide bonds. The Bertz CT molecular complexity index is 3890. The average molecular weight is 1730 g/mol. The van der Waals surface area contributed by atoms with Crippen LogP contribution in [0.4, 0.5) is 4.79 Å². The van der Waals surface area contributed by atoms with Crippen molar-refractivity contribution in [3.8, 4) is 5.75 Å². The number of piperidine rings is 1. The summed E-state index contributed by atoms with van der Waals surface area (Å²) in [7, 11) is 4.03. The average Bonchev–Trinajstić information content (AvgIpc) is 1.31. The summed E-state index contributed by atoms with van der Waals surface area (Å²) >= 11 is 6.08. The van der Waals surface area contributed by atoms with E-state index in [1.54, 1.807) is 49.4 Å². The fourth-order valence-electron chi connectivity index (χ4n) is 13.0. The van der Waals surface area contributed by atoms with Crippen molar-refractivity contribution in [3.05, 3.63) is 81.8 Å². The van der Waals surface area contributed by atoms with Gasteiger partial charge in [0.2, 0.25) is 17.7 Å².